The standard InChI is InChI=1S/C13H20N2O2S/c1-9-2-5-12(18-9)8-15-13(17)14-7-10-3-4-11(16)6-10/h2,5,10-11,16H,3-4,6-8H2,1H3,(H2,14,15,17)/t10-,11+/m0/s1. The van der Waals surface area contributed by atoms with Gasteiger partial charge < -0.3 is 15.7 Å². The van der Waals surface area contributed by atoms with Crippen molar-refractivity contribution in [3.8, 4) is 0 Å². The van der Waals surface area contributed by atoms with Gasteiger partial charge in [-0.2, -0.15) is 0 Å². The lowest BCUT2D eigenvalue weighted by atomic mass is 10.1. The molecule has 0 bridgehead atoms. The maximum absolute atomic E-state index is 11.6. The Morgan fingerprint density at radius 1 is 1.44 bits per heavy atom. The van der Waals surface area contributed by atoms with Crippen LogP contribution in [0.15, 0.2) is 12.1 Å². The molecular formula is C13H20N2O2S. The molecule has 2 rings (SSSR count). The van der Waals surface area contributed by atoms with Crippen molar-refractivity contribution in [3.63, 3.8) is 0 Å². The minimum absolute atomic E-state index is 0.123. The summed E-state index contributed by atoms with van der Waals surface area (Å²) in [5.74, 6) is 0.426. The fourth-order valence-corrected chi connectivity index (χ4v) is 3.11. The van der Waals surface area contributed by atoms with Gasteiger partial charge in [0.15, 0.2) is 0 Å². The van der Waals surface area contributed by atoms with Crippen LogP contribution < -0.4 is 10.6 Å². The number of urea groups is 1. The van der Waals surface area contributed by atoms with Crippen molar-refractivity contribution >= 4 is 17.4 Å². The van der Waals surface area contributed by atoms with Gasteiger partial charge in [-0.3, -0.25) is 0 Å². The van der Waals surface area contributed by atoms with Crippen LogP contribution in [-0.4, -0.2) is 23.8 Å². The van der Waals surface area contributed by atoms with Gasteiger partial charge in [-0.05, 0) is 44.2 Å². The van der Waals surface area contributed by atoms with E-state index in [1.807, 2.05) is 6.07 Å². The molecule has 0 saturated heterocycles. The molecule has 1 saturated carbocycles. The lowest BCUT2D eigenvalue weighted by molar-refractivity contribution is 0.177. The molecule has 4 nitrogen and oxygen atoms in total. The van der Waals surface area contributed by atoms with E-state index >= 15 is 0 Å². The van der Waals surface area contributed by atoms with Crippen molar-refractivity contribution in [2.75, 3.05) is 6.54 Å². The molecule has 1 aromatic rings. The number of hydrogen-bond donors (Lipinski definition) is 3. The SMILES string of the molecule is Cc1ccc(CNC(=O)NC[C@H]2CC[C@@H](O)C2)s1. The fourth-order valence-electron chi connectivity index (χ4n) is 2.28. The van der Waals surface area contributed by atoms with E-state index in [4.69, 9.17) is 0 Å². The van der Waals surface area contributed by atoms with Gasteiger partial charge in [-0.1, -0.05) is 0 Å². The molecule has 3 N–H and O–H groups in total. The number of rotatable bonds is 4. The molecular weight excluding hydrogens is 248 g/mol. The van der Waals surface area contributed by atoms with E-state index in [9.17, 15) is 9.90 Å². The van der Waals surface area contributed by atoms with E-state index in [1.54, 1.807) is 11.3 Å². The molecule has 0 aliphatic heterocycles. The number of carbonyl (C=O) groups is 1. The third kappa shape index (κ3) is 3.99. The van der Waals surface area contributed by atoms with Crippen LogP contribution >= 0.6 is 11.3 Å². The van der Waals surface area contributed by atoms with Gasteiger partial charge in [0.05, 0.1) is 12.6 Å². The molecule has 1 heterocycles. The van der Waals surface area contributed by atoms with E-state index in [1.165, 1.54) is 9.75 Å². The normalized spacial score (nSPS) is 23.0. The zero-order valence-corrected chi connectivity index (χ0v) is 11.4. The second-order valence-electron chi connectivity index (χ2n) is 4.91. The van der Waals surface area contributed by atoms with Gasteiger partial charge in [0.1, 0.15) is 0 Å². The van der Waals surface area contributed by atoms with Gasteiger partial charge in [0.2, 0.25) is 0 Å². The summed E-state index contributed by atoms with van der Waals surface area (Å²) in [4.78, 5) is 14.0. The number of carbonyl (C=O) groups excluding carboxylic acids is 1. The Bertz CT molecular complexity index is 405. The van der Waals surface area contributed by atoms with E-state index in [0.29, 0.717) is 19.0 Å². The molecule has 1 fully saturated rings. The van der Waals surface area contributed by atoms with Crippen LogP contribution in [0.1, 0.15) is 29.0 Å². The van der Waals surface area contributed by atoms with Gasteiger partial charge in [-0.25, -0.2) is 4.79 Å². The number of hydrogen-bond acceptors (Lipinski definition) is 3. The van der Waals surface area contributed by atoms with Crippen molar-refractivity contribution in [1.29, 1.82) is 0 Å². The Morgan fingerprint density at radius 3 is 2.89 bits per heavy atom. The third-order valence-corrected chi connectivity index (χ3v) is 4.28. The highest BCUT2D eigenvalue weighted by Crippen LogP contribution is 2.24. The van der Waals surface area contributed by atoms with Gasteiger partial charge >= 0.3 is 6.03 Å². The quantitative estimate of drug-likeness (QED) is 0.782. The lowest BCUT2D eigenvalue weighted by Gasteiger charge is -2.11. The average Bonchev–Trinajstić information content (AvgIpc) is 2.93. The summed E-state index contributed by atoms with van der Waals surface area (Å²) < 4.78 is 0. The van der Waals surface area contributed by atoms with Crippen LogP contribution in [0, 0.1) is 12.8 Å². The minimum Gasteiger partial charge on any atom is -0.393 e. The van der Waals surface area contributed by atoms with Crippen LogP contribution in [-0.2, 0) is 6.54 Å². The second kappa shape index (κ2) is 6.20. The van der Waals surface area contributed by atoms with Crippen molar-refractivity contribution in [2.45, 2.75) is 38.8 Å². The minimum atomic E-state index is -0.172. The molecule has 1 aliphatic carbocycles. The van der Waals surface area contributed by atoms with Gasteiger partial charge in [-0.15, -0.1) is 11.3 Å². The number of aliphatic hydroxyl groups excluding tert-OH is 1. The molecule has 18 heavy (non-hydrogen) atoms. The highest BCUT2D eigenvalue weighted by Gasteiger charge is 2.22. The maximum atomic E-state index is 11.6. The average molecular weight is 268 g/mol. The molecule has 0 spiro atoms. The molecule has 0 aromatic carbocycles. The molecule has 0 radical (unpaired) electrons. The number of amides is 2. The molecule has 2 atom stereocenters. The number of aryl methyl sites for hydroxylation is 1. The summed E-state index contributed by atoms with van der Waals surface area (Å²) in [7, 11) is 0. The number of aliphatic hydroxyl groups is 1. The summed E-state index contributed by atoms with van der Waals surface area (Å²) in [6, 6.07) is 3.97. The Balaban J connectivity index is 1.63. The highest BCUT2D eigenvalue weighted by molar-refractivity contribution is 7.11. The molecule has 100 valence electrons. The Morgan fingerprint density at radius 2 is 2.28 bits per heavy atom. The van der Waals surface area contributed by atoms with Crippen LogP contribution in [0.2, 0.25) is 0 Å². The predicted molar refractivity (Wildman–Crippen MR) is 72.6 cm³/mol. The smallest absolute Gasteiger partial charge is 0.315 e. The van der Waals surface area contributed by atoms with Gasteiger partial charge in [0, 0.05) is 16.3 Å². The Kier molecular flexibility index (Phi) is 4.60. The van der Waals surface area contributed by atoms with E-state index in [-0.39, 0.29) is 12.1 Å². The first-order valence-electron chi connectivity index (χ1n) is 6.38. The molecule has 2 amide bonds. The van der Waals surface area contributed by atoms with Crippen LogP contribution in [0.5, 0.6) is 0 Å². The largest absolute Gasteiger partial charge is 0.393 e. The van der Waals surface area contributed by atoms with Crippen LogP contribution in [0.25, 0.3) is 0 Å². The number of thiophene rings is 1. The zero-order valence-electron chi connectivity index (χ0n) is 10.6. The lowest BCUT2D eigenvalue weighted by Crippen LogP contribution is -2.37. The monoisotopic (exact) mass is 268 g/mol. The van der Waals surface area contributed by atoms with Crippen molar-refractivity contribution in [3.05, 3.63) is 21.9 Å². The predicted octanol–water partition coefficient (Wildman–Crippen LogP) is 2.02. The summed E-state index contributed by atoms with van der Waals surface area (Å²) in [6.07, 6.45) is 2.51. The summed E-state index contributed by atoms with van der Waals surface area (Å²) in [5.41, 5.74) is 0. The Labute approximate surface area is 111 Å². The summed E-state index contributed by atoms with van der Waals surface area (Å²) >= 11 is 1.70. The topological polar surface area (TPSA) is 61.4 Å². The summed E-state index contributed by atoms with van der Waals surface area (Å²) in [5, 5.41) is 15.1. The van der Waals surface area contributed by atoms with Crippen LogP contribution in [0.4, 0.5) is 4.79 Å². The maximum Gasteiger partial charge on any atom is 0.315 e. The Hall–Kier alpha value is -1.07. The van der Waals surface area contributed by atoms with E-state index < -0.39 is 0 Å². The number of nitrogens with one attached hydrogen (secondary N) is 2. The van der Waals surface area contributed by atoms with Crippen molar-refractivity contribution in [1.82, 2.24) is 10.6 Å². The molecule has 1 aromatic heterocycles. The first kappa shape index (κ1) is 13.4. The van der Waals surface area contributed by atoms with Crippen molar-refractivity contribution < 1.29 is 9.90 Å². The van der Waals surface area contributed by atoms with E-state index in [2.05, 4.69) is 23.6 Å². The third-order valence-electron chi connectivity index (χ3n) is 3.28. The summed E-state index contributed by atoms with van der Waals surface area (Å²) in [6.45, 7) is 3.30. The van der Waals surface area contributed by atoms with Crippen molar-refractivity contribution in [2.24, 2.45) is 5.92 Å². The second-order valence-corrected chi connectivity index (χ2v) is 6.28. The molecule has 1 aliphatic rings. The highest BCUT2D eigenvalue weighted by atomic mass is 32.1. The fraction of sp³-hybridized carbons (Fsp3) is 0.615. The van der Waals surface area contributed by atoms with Gasteiger partial charge in [0.25, 0.3) is 0 Å². The molecule has 5 heteroatoms. The first-order chi connectivity index (χ1) is 8.63. The van der Waals surface area contributed by atoms with E-state index in [0.717, 1.165) is 19.3 Å². The van der Waals surface area contributed by atoms with Crippen LogP contribution in [0.3, 0.4) is 0 Å². The first-order valence-corrected chi connectivity index (χ1v) is 7.20. The molecule has 0 unspecified atom stereocenters. The zero-order chi connectivity index (χ0) is 13.0.